The Morgan fingerprint density at radius 3 is 2.62 bits per heavy atom. The first-order valence-electron chi connectivity index (χ1n) is 7.87. The Morgan fingerprint density at radius 1 is 1.17 bits per heavy atom. The summed E-state index contributed by atoms with van der Waals surface area (Å²) in [5.41, 5.74) is -0.723. The highest BCUT2D eigenvalue weighted by Crippen LogP contribution is 2.31. The number of hydrogen-bond donors (Lipinski definition) is 2. The third kappa shape index (κ3) is 8.05. The molecular formula is C16H24F3N3O2. The molecule has 0 fully saturated rings. The van der Waals surface area contributed by atoms with E-state index in [4.69, 9.17) is 9.47 Å². The highest BCUT2D eigenvalue weighted by atomic mass is 19.4. The number of alkyl halides is 3. The lowest BCUT2D eigenvalue weighted by Crippen LogP contribution is -2.39. The van der Waals surface area contributed by atoms with Gasteiger partial charge in [0.1, 0.15) is 12.4 Å². The van der Waals surface area contributed by atoms with Crippen LogP contribution >= 0.6 is 0 Å². The molecule has 136 valence electrons. The Balaban J connectivity index is 2.40. The Morgan fingerprint density at radius 2 is 1.96 bits per heavy atom. The van der Waals surface area contributed by atoms with Crippen LogP contribution in [0.5, 0.6) is 5.75 Å². The molecule has 2 N–H and O–H groups in total. The first-order chi connectivity index (χ1) is 11.5. The second-order valence-electron chi connectivity index (χ2n) is 4.76. The Labute approximate surface area is 140 Å². The summed E-state index contributed by atoms with van der Waals surface area (Å²) in [6.07, 6.45) is -4.37. The molecule has 0 saturated heterocycles. The molecule has 1 aromatic rings. The van der Waals surface area contributed by atoms with Gasteiger partial charge in [0.15, 0.2) is 5.96 Å². The number of rotatable bonds is 9. The van der Waals surface area contributed by atoms with Gasteiger partial charge in [-0.05, 0) is 32.0 Å². The van der Waals surface area contributed by atoms with Crippen LogP contribution in [0, 0.1) is 0 Å². The van der Waals surface area contributed by atoms with Crippen molar-refractivity contribution in [1.82, 2.24) is 10.6 Å². The lowest BCUT2D eigenvalue weighted by Gasteiger charge is -2.13. The minimum atomic E-state index is -4.37. The molecule has 0 atom stereocenters. The number of guanidine groups is 1. The molecule has 0 unspecified atom stereocenters. The van der Waals surface area contributed by atoms with Gasteiger partial charge in [-0.25, -0.2) is 0 Å². The van der Waals surface area contributed by atoms with Crippen molar-refractivity contribution in [2.24, 2.45) is 4.99 Å². The van der Waals surface area contributed by atoms with Crippen LogP contribution in [0.4, 0.5) is 13.2 Å². The topological polar surface area (TPSA) is 54.9 Å². The maximum Gasteiger partial charge on any atom is 0.416 e. The fourth-order valence-corrected chi connectivity index (χ4v) is 1.81. The molecule has 0 spiro atoms. The SMILES string of the molecule is CCNC(=NCCOCC)NCCOc1cccc(C(F)(F)F)c1. The summed E-state index contributed by atoms with van der Waals surface area (Å²) in [6, 6.07) is 4.82. The number of aliphatic imine (C=N–C) groups is 1. The van der Waals surface area contributed by atoms with Crippen molar-refractivity contribution in [3.8, 4) is 5.75 Å². The van der Waals surface area contributed by atoms with E-state index in [0.29, 0.717) is 38.8 Å². The van der Waals surface area contributed by atoms with Crippen LogP contribution in [0.2, 0.25) is 0 Å². The molecule has 8 heteroatoms. The fraction of sp³-hybridized carbons (Fsp3) is 0.562. The van der Waals surface area contributed by atoms with Crippen molar-refractivity contribution in [2.45, 2.75) is 20.0 Å². The van der Waals surface area contributed by atoms with Gasteiger partial charge in [-0.3, -0.25) is 4.99 Å². The summed E-state index contributed by atoms with van der Waals surface area (Å²) in [6.45, 7) is 6.90. The van der Waals surface area contributed by atoms with Crippen LogP contribution in [0.3, 0.4) is 0 Å². The van der Waals surface area contributed by atoms with Crippen molar-refractivity contribution in [3.05, 3.63) is 29.8 Å². The van der Waals surface area contributed by atoms with E-state index in [0.717, 1.165) is 12.1 Å². The van der Waals surface area contributed by atoms with Crippen LogP contribution in [-0.4, -0.2) is 45.4 Å². The van der Waals surface area contributed by atoms with E-state index in [1.807, 2.05) is 13.8 Å². The largest absolute Gasteiger partial charge is 0.492 e. The minimum Gasteiger partial charge on any atom is -0.492 e. The average molecular weight is 347 g/mol. The highest BCUT2D eigenvalue weighted by Gasteiger charge is 2.30. The summed E-state index contributed by atoms with van der Waals surface area (Å²) in [5.74, 6) is 0.801. The second-order valence-corrected chi connectivity index (χ2v) is 4.76. The van der Waals surface area contributed by atoms with Gasteiger partial charge in [-0.2, -0.15) is 13.2 Å². The van der Waals surface area contributed by atoms with Crippen LogP contribution in [0.1, 0.15) is 19.4 Å². The summed E-state index contributed by atoms with van der Waals surface area (Å²) >= 11 is 0. The van der Waals surface area contributed by atoms with Crippen LogP contribution in [0.25, 0.3) is 0 Å². The lowest BCUT2D eigenvalue weighted by atomic mass is 10.2. The maximum absolute atomic E-state index is 12.6. The van der Waals surface area contributed by atoms with Crippen LogP contribution in [0.15, 0.2) is 29.3 Å². The van der Waals surface area contributed by atoms with E-state index >= 15 is 0 Å². The molecule has 0 saturated carbocycles. The van der Waals surface area contributed by atoms with Crippen molar-refractivity contribution < 1.29 is 22.6 Å². The molecule has 0 aliphatic carbocycles. The Kier molecular flexibility index (Phi) is 8.99. The third-order valence-electron chi connectivity index (χ3n) is 2.88. The lowest BCUT2D eigenvalue weighted by molar-refractivity contribution is -0.137. The van der Waals surface area contributed by atoms with Crippen LogP contribution < -0.4 is 15.4 Å². The van der Waals surface area contributed by atoms with Gasteiger partial charge in [0.2, 0.25) is 0 Å². The zero-order valence-electron chi connectivity index (χ0n) is 13.9. The molecule has 0 bridgehead atoms. The smallest absolute Gasteiger partial charge is 0.416 e. The standard InChI is InChI=1S/C16H24F3N3O2/c1-3-20-15(21-8-10-23-4-2)22-9-11-24-14-7-5-6-13(12-14)16(17,18)19/h5-7,12H,3-4,8-11H2,1-2H3,(H2,20,21,22). The molecule has 0 aromatic heterocycles. The van der Waals surface area contributed by atoms with E-state index in [1.165, 1.54) is 12.1 Å². The summed E-state index contributed by atoms with van der Waals surface area (Å²) < 4.78 is 48.4. The van der Waals surface area contributed by atoms with E-state index in [2.05, 4.69) is 15.6 Å². The zero-order valence-corrected chi connectivity index (χ0v) is 13.9. The molecule has 0 heterocycles. The highest BCUT2D eigenvalue weighted by molar-refractivity contribution is 5.79. The monoisotopic (exact) mass is 347 g/mol. The van der Waals surface area contributed by atoms with Crippen molar-refractivity contribution in [3.63, 3.8) is 0 Å². The molecule has 1 aromatic carbocycles. The first kappa shape index (κ1) is 20.1. The number of nitrogens with zero attached hydrogens (tertiary/aromatic N) is 1. The number of benzene rings is 1. The number of ether oxygens (including phenoxy) is 2. The number of hydrogen-bond acceptors (Lipinski definition) is 3. The van der Waals surface area contributed by atoms with Gasteiger partial charge in [0.25, 0.3) is 0 Å². The van der Waals surface area contributed by atoms with E-state index in [9.17, 15) is 13.2 Å². The predicted octanol–water partition coefficient (Wildman–Crippen LogP) is 2.68. The Bertz CT molecular complexity index is 508. The van der Waals surface area contributed by atoms with Crippen molar-refractivity contribution in [1.29, 1.82) is 0 Å². The molecule has 0 radical (unpaired) electrons. The molecule has 0 aliphatic rings. The predicted molar refractivity (Wildman–Crippen MR) is 87.4 cm³/mol. The molecule has 1 rings (SSSR count). The van der Waals surface area contributed by atoms with Crippen LogP contribution in [-0.2, 0) is 10.9 Å². The quantitative estimate of drug-likeness (QED) is 0.410. The molecule has 0 aliphatic heterocycles. The van der Waals surface area contributed by atoms with Crippen molar-refractivity contribution >= 4 is 5.96 Å². The van der Waals surface area contributed by atoms with E-state index in [1.54, 1.807) is 0 Å². The third-order valence-corrected chi connectivity index (χ3v) is 2.88. The van der Waals surface area contributed by atoms with E-state index in [-0.39, 0.29) is 12.4 Å². The van der Waals surface area contributed by atoms with Crippen molar-refractivity contribution in [2.75, 3.05) is 39.5 Å². The first-order valence-corrected chi connectivity index (χ1v) is 7.87. The summed E-state index contributed by atoms with van der Waals surface area (Å²) in [5, 5.41) is 6.12. The van der Waals surface area contributed by atoms with E-state index < -0.39 is 11.7 Å². The Hall–Kier alpha value is -1.96. The fourth-order valence-electron chi connectivity index (χ4n) is 1.81. The normalized spacial score (nSPS) is 12.1. The molecule has 5 nitrogen and oxygen atoms in total. The van der Waals surface area contributed by atoms with Gasteiger partial charge in [0, 0.05) is 13.2 Å². The number of nitrogens with one attached hydrogen (secondary N) is 2. The summed E-state index contributed by atoms with van der Waals surface area (Å²) in [7, 11) is 0. The molecule has 0 amide bonds. The minimum absolute atomic E-state index is 0.185. The van der Waals surface area contributed by atoms with Gasteiger partial charge in [0.05, 0.1) is 25.3 Å². The average Bonchev–Trinajstić information content (AvgIpc) is 2.55. The van der Waals surface area contributed by atoms with Gasteiger partial charge < -0.3 is 20.1 Å². The van der Waals surface area contributed by atoms with Gasteiger partial charge in [-0.15, -0.1) is 0 Å². The number of halogens is 3. The van der Waals surface area contributed by atoms with Gasteiger partial charge >= 0.3 is 6.18 Å². The summed E-state index contributed by atoms with van der Waals surface area (Å²) in [4.78, 5) is 4.31. The second kappa shape index (κ2) is 10.7. The van der Waals surface area contributed by atoms with Gasteiger partial charge in [-0.1, -0.05) is 6.07 Å². The zero-order chi connectivity index (χ0) is 17.8. The molecule has 24 heavy (non-hydrogen) atoms. The molecular weight excluding hydrogens is 323 g/mol. The maximum atomic E-state index is 12.6.